The van der Waals surface area contributed by atoms with Crippen molar-refractivity contribution in [1.82, 2.24) is 0 Å². The van der Waals surface area contributed by atoms with E-state index in [2.05, 4.69) is 15.9 Å². The van der Waals surface area contributed by atoms with Crippen LogP contribution in [-0.4, -0.2) is 13.1 Å². The summed E-state index contributed by atoms with van der Waals surface area (Å²) < 4.78 is 11.4. The molecule has 2 rings (SSSR count). The lowest BCUT2D eigenvalue weighted by atomic mass is 10.2. The molecule has 0 heterocycles. The molecule has 0 aromatic heterocycles. The third-order valence-electron chi connectivity index (χ3n) is 2.85. The predicted molar refractivity (Wildman–Crippen MR) is 85.7 cm³/mol. The van der Waals surface area contributed by atoms with Gasteiger partial charge < -0.3 is 15.2 Å². The summed E-state index contributed by atoms with van der Waals surface area (Å²) in [7, 11) is 1.56. The van der Waals surface area contributed by atoms with Gasteiger partial charge in [-0.15, -0.1) is 0 Å². The fourth-order valence-electron chi connectivity index (χ4n) is 1.79. The van der Waals surface area contributed by atoms with Gasteiger partial charge in [-0.05, 0) is 30.3 Å². The van der Waals surface area contributed by atoms with E-state index in [1.807, 2.05) is 12.1 Å². The molecule has 0 saturated carbocycles. The monoisotopic (exact) mass is 369 g/mol. The molecular formula is C15H13BrClNO3. The molecule has 0 saturated heterocycles. The van der Waals surface area contributed by atoms with Crippen molar-refractivity contribution in [3.8, 4) is 5.75 Å². The average molecular weight is 371 g/mol. The summed E-state index contributed by atoms with van der Waals surface area (Å²) in [5.74, 6) is 0.110. The van der Waals surface area contributed by atoms with E-state index in [9.17, 15) is 4.79 Å². The second-order valence-electron chi connectivity index (χ2n) is 4.24. The summed E-state index contributed by atoms with van der Waals surface area (Å²) in [6, 6.07) is 10.3. The molecule has 0 spiro atoms. The number of halogens is 2. The summed E-state index contributed by atoms with van der Waals surface area (Å²) in [6.07, 6.45) is 0. The molecular weight excluding hydrogens is 358 g/mol. The van der Waals surface area contributed by atoms with Gasteiger partial charge in [0.1, 0.15) is 12.4 Å². The first-order valence-corrected chi connectivity index (χ1v) is 7.23. The lowest BCUT2D eigenvalue weighted by Gasteiger charge is -2.11. The lowest BCUT2D eigenvalue weighted by molar-refractivity contribution is 0.0470. The van der Waals surface area contributed by atoms with Gasteiger partial charge in [0, 0.05) is 10.0 Å². The topological polar surface area (TPSA) is 61.5 Å². The molecule has 0 amide bonds. The first-order chi connectivity index (χ1) is 10.0. The van der Waals surface area contributed by atoms with E-state index in [0.717, 1.165) is 10.0 Å². The SMILES string of the molecule is COc1ccc(Br)cc1COC(=O)c1cccc(N)c1Cl. The predicted octanol–water partition coefficient (Wildman–Crippen LogP) is 4.05. The van der Waals surface area contributed by atoms with Gasteiger partial charge in [0.2, 0.25) is 0 Å². The van der Waals surface area contributed by atoms with Gasteiger partial charge in [0.25, 0.3) is 0 Å². The molecule has 2 N–H and O–H groups in total. The Kier molecular flexibility index (Phi) is 5.09. The minimum absolute atomic E-state index is 0.0760. The minimum Gasteiger partial charge on any atom is -0.496 e. The first-order valence-electron chi connectivity index (χ1n) is 6.06. The largest absolute Gasteiger partial charge is 0.496 e. The van der Waals surface area contributed by atoms with Crippen LogP contribution in [-0.2, 0) is 11.3 Å². The number of methoxy groups -OCH3 is 1. The zero-order valence-corrected chi connectivity index (χ0v) is 13.6. The van der Waals surface area contributed by atoms with Gasteiger partial charge in [-0.3, -0.25) is 0 Å². The van der Waals surface area contributed by atoms with E-state index < -0.39 is 5.97 Å². The second kappa shape index (κ2) is 6.83. The van der Waals surface area contributed by atoms with Crippen LogP contribution in [0.25, 0.3) is 0 Å². The van der Waals surface area contributed by atoms with Gasteiger partial charge in [-0.1, -0.05) is 33.6 Å². The average Bonchev–Trinajstić information content (AvgIpc) is 2.47. The van der Waals surface area contributed by atoms with Crippen molar-refractivity contribution >= 4 is 39.2 Å². The van der Waals surface area contributed by atoms with Crippen molar-refractivity contribution in [3.05, 3.63) is 57.0 Å². The van der Waals surface area contributed by atoms with Gasteiger partial charge in [0.15, 0.2) is 0 Å². The Morgan fingerprint density at radius 3 is 2.81 bits per heavy atom. The summed E-state index contributed by atoms with van der Waals surface area (Å²) >= 11 is 9.36. The van der Waals surface area contributed by atoms with Crippen LogP contribution in [0.3, 0.4) is 0 Å². The maximum atomic E-state index is 12.1. The van der Waals surface area contributed by atoms with Crippen LogP contribution in [0.2, 0.25) is 5.02 Å². The Morgan fingerprint density at radius 1 is 1.33 bits per heavy atom. The second-order valence-corrected chi connectivity index (χ2v) is 5.53. The molecule has 0 unspecified atom stereocenters. The van der Waals surface area contributed by atoms with Gasteiger partial charge >= 0.3 is 5.97 Å². The summed E-state index contributed by atoms with van der Waals surface area (Å²) in [5, 5.41) is 0.198. The Balaban J connectivity index is 2.15. The number of rotatable bonds is 4. The molecule has 110 valence electrons. The molecule has 0 bridgehead atoms. The highest BCUT2D eigenvalue weighted by Gasteiger charge is 2.14. The number of hydrogen-bond donors (Lipinski definition) is 1. The van der Waals surface area contributed by atoms with E-state index in [1.165, 1.54) is 0 Å². The van der Waals surface area contributed by atoms with Crippen molar-refractivity contribution in [2.24, 2.45) is 0 Å². The molecule has 21 heavy (non-hydrogen) atoms. The highest BCUT2D eigenvalue weighted by atomic mass is 79.9. The zero-order chi connectivity index (χ0) is 15.4. The van der Waals surface area contributed by atoms with Crippen molar-refractivity contribution in [3.63, 3.8) is 0 Å². The Bertz CT molecular complexity index is 676. The van der Waals surface area contributed by atoms with E-state index in [4.69, 9.17) is 26.8 Å². The van der Waals surface area contributed by atoms with Crippen molar-refractivity contribution in [2.45, 2.75) is 6.61 Å². The fraction of sp³-hybridized carbons (Fsp3) is 0.133. The standard InChI is InChI=1S/C15H13BrClNO3/c1-20-13-6-5-10(16)7-9(13)8-21-15(19)11-3-2-4-12(18)14(11)17/h2-7H,8,18H2,1H3. The van der Waals surface area contributed by atoms with Crippen LogP contribution in [0.4, 0.5) is 5.69 Å². The number of hydrogen-bond acceptors (Lipinski definition) is 4. The van der Waals surface area contributed by atoms with E-state index in [0.29, 0.717) is 11.4 Å². The Labute approximate surface area is 135 Å². The number of esters is 1. The zero-order valence-electron chi connectivity index (χ0n) is 11.2. The first kappa shape index (κ1) is 15.7. The minimum atomic E-state index is -0.533. The molecule has 4 nitrogen and oxygen atoms in total. The molecule has 2 aromatic rings. The maximum Gasteiger partial charge on any atom is 0.340 e. The molecule has 0 aliphatic carbocycles. The molecule has 0 fully saturated rings. The number of nitrogen functional groups attached to an aromatic ring is 1. The van der Waals surface area contributed by atoms with E-state index in [-0.39, 0.29) is 17.2 Å². The van der Waals surface area contributed by atoms with Crippen LogP contribution in [0.15, 0.2) is 40.9 Å². The van der Waals surface area contributed by atoms with Crippen molar-refractivity contribution in [2.75, 3.05) is 12.8 Å². The number of ether oxygens (including phenoxy) is 2. The number of benzene rings is 2. The van der Waals surface area contributed by atoms with Gasteiger partial charge in [-0.25, -0.2) is 4.79 Å². The van der Waals surface area contributed by atoms with Crippen LogP contribution in [0, 0.1) is 0 Å². The maximum absolute atomic E-state index is 12.1. The highest BCUT2D eigenvalue weighted by Crippen LogP contribution is 2.26. The summed E-state index contributed by atoms with van der Waals surface area (Å²) in [6.45, 7) is 0.0760. The number of carbonyl (C=O) groups excluding carboxylic acids is 1. The molecule has 0 radical (unpaired) electrons. The smallest absolute Gasteiger partial charge is 0.340 e. The number of anilines is 1. The summed E-state index contributed by atoms with van der Waals surface area (Å²) in [4.78, 5) is 12.1. The molecule has 0 aliphatic heterocycles. The Hall–Kier alpha value is -1.72. The normalized spacial score (nSPS) is 10.2. The van der Waals surface area contributed by atoms with E-state index >= 15 is 0 Å². The van der Waals surface area contributed by atoms with Crippen LogP contribution < -0.4 is 10.5 Å². The van der Waals surface area contributed by atoms with Crippen LogP contribution in [0.1, 0.15) is 15.9 Å². The fourth-order valence-corrected chi connectivity index (χ4v) is 2.40. The molecule has 2 aromatic carbocycles. The molecule has 6 heteroatoms. The van der Waals surface area contributed by atoms with E-state index in [1.54, 1.807) is 31.4 Å². The number of carbonyl (C=O) groups is 1. The third kappa shape index (κ3) is 3.68. The van der Waals surface area contributed by atoms with Crippen LogP contribution in [0.5, 0.6) is 5.75 Å². The van der Waals surface area contributed by atoms with Gasteiger partial charge in [-0.2, -0.15) is 0 Å². The summed E-state index contributed by atoms with van der Waals surface area (Å²) in [5.41, 5.74) is 7.00. The lowest BCUT2D eigenvalue weighted by Crippen LogP contribution is -2.07. The Morgan fingerprint density at radius 2 is 2.10 bits per heavy atom. The van der Waals surface area contributed by atoms with Gasteiger partial charge in [0.05, 0.1) is 23.4 Å². The quantitative estimate of drug-likeness (QED) is 0.651. The molecule has 0 atom stereocenters. The third-order valence-corrected chi connectivity index (χ3v) is 3.76. The molecule has 0 aliphatic rings. The van der Waals surface area contributed by atoms with Crippen LogP contribution >= 0.6 is 27.5 Å². The van der Waals surface area contributed by atoms with Crippen molar-refractivity contribution < 1.29 is 14.3 Å². The highest BCUT2D eigenvalue weighted by molar-refractivity contribution is 9.10. The number of nitrogens with two attached hydrogens (primary N) is 1. The van der Waals surface area contributed by atoms with Crippen molar-refractivity contribution in [1.29, 1.82) is 0 Å².